The Kier molecular flexibility index (Phi) is 2.22. The number of benzene rings is 2. The van der Waals surface area contributed by atoms with Gasteiger partial charge in [0.1, 0.15) is 0 Å². The Balaban J connectivity index is 2.29. The van der Waals surface area contributed by atoms with Crippen molar-refractivity contribution in [1.29, 1.82) is 0 Å². The van der Waals surface area contributed by atoms with Gasteiger partial charge in [-0.1, -0.05) is 30.3 Å². The maximum absolute atomic E-state index is 9.75. The van der Waals surface area contributed by atoms with Gasteiger partial charge in [-0.2, -0.15) is 0 Å². The van der Waals surface area contributed by atoms with Crippen LogP contribution in [0.15, 0.2) is 30.3 Å². The molecule has 0 spiro atoms. The summed E-state index contributed by atoms with van der Waals surface area (Å²) in [6, 6.07) is 10.8. The molecule has 1 N–H and O–H groups in total. The van der Waals surface area contributed by atoms with E-state index in [4.69, 9.17) is 0 Å². The van der Waals surface area contributed by atoms with E-state index in [9.17, 15) is 5.11 Å². The molecule has 0 radical (unpaired) electrons. The quantitative estimate of drug-likeness (QED) is 0.711. The fourth-order valence-corrected chi connectivity index (χ4v) is 2.81. The second-order valence-electron chi connectivity index (χ2n) is 4.76. The minimum atomic E-state index is -0.146. The van der Waals surface area contributed by atoms with Gasteiger partial charge in [-0.25, -0.2) is 0 Å². The van der Waals surface area contributed by atoms with Gasteiger partial charge in [0.05, 0.1) is 6.10 Å². The molecule has 16 heavy (non-hydrogen) atoms. The summed E-state index contributed by atoms with van der Waals surface area (Å²) >= 11 is 0. The van der Waals surface area contributed by atoms with Crippen LogP contribution in [-0.4, -0.2) is 11.2 Å². The summed E-state index contributed by atoms with van der Waals surface area (Å²) < 4.78 is 0. The van der Waals surface area contributed by atoms with E-state index < -0.39 is 0 Å². The van der Waals surface area contributed by atoms with E-state index in [1.807, 2.05) is 0 Å². The molecule has 1 aliphatic carbocycles. The lowest BCUT2D eigenvalue weighted by Crippen LogP contribution is -2.19. The molecule has 0 saturated heterocycles. The molecule has 0 amide bonds. The lowest BCUT2D eigenvalue weighted by molar-refractivity contribution is 0.158. The SMILES string of the molecule is Cc1c2c(cc3ccccc13)CCC(O)C2. The first-order valence-corrected chi connectivity index (χ1v) is 5.94. The molecule has 0 heterocycles. The van der Waals surface area contributed by atoms with E-state index in [0.717, 1.165) is 19.3 Å². The predicted molar refractivity (Wildman–Crippen MR) is 66.7 cm³/mol. The molecule has 1 nitrogen and oxygen atoms in total. The first kappa shape index (κ1) is 9.86. The van der Waals surface area contributed by atoms with Gasteiger partial charge in [-0.15, -0.1) is 0 Å². The van der Waals surface area contributed by atoms with Gasteiger partial charge >= 0.3 is 0 Å². The number of rotatable bonds is 0. The Hall–Kier alpha value is -1.34. The molecule has 82 valence electrons. The van der Waals surface area contributed by atoms with E-state index in [0.29, 0.717) is 0 Å². The average Bonchev–Trinajstić information content (AvgIpc) is 2.31. The topological polar surface area (TPSA) is 20.2 Å². The van der Waals surface area contributed by atoms with Crippen molar-refractivity contribution >= 4 is 10.8 Å². The van der Waals surface area contributed by atoms with E-state index in [1.165, 1.54) is 27.5 Å². The Labute approximate surface area is 95.7 Å². The number of hydrogen-bond acceptors (Lipinski definition) is 1. The van der Waals surface area contributed by atoms with Crippen LogP contribution in [0.4, 0.5) is 0 Å². The number of aliphatic hydroxyl groups excluding tert-OH is 1. The fourth-order valence-electron chi connectivity index (χ4n) is 2.81. The largest absolute Gasteiger partial charge is 0.393 e. The maximum Gasteiger partial charge on any atom is 0.0583 e. The molecule has 0 fully saturated rings. The van der Waals surface area contributed by atoms with Crippen molar-refractivity contribution in [2.24, 2.45) is 0 Å². The zero-order chi connectivity index (χ0) is 11.1. The van der Waals surface area contributed by atoms with E-state index in [1.54, 1.807) is 0 Å². The number of fused-ring (bicyclic) bond motifs is 2. The molecule has 3 rings (SSSR count). The van der Waals surface area contributed by atoms with E-state index >= 15 is 0 Å². The normalized spacial score (nSPS) is 19.8. The zero-order valence-electron chi connectivity index (χ0n) is 9.53. The lowest BCUT2D eigenvalue weighted by atomic mass is 9.84. The maximum atomic E-state index is 9.75. The molecule has 0 aliphatic heterocycles. The summed E-state index contributed by atoms with van der Waals surface area (Å²) in [4.78, 5) is 0. The molecule has 0 bridgehead atoms. The highest BCUT2D eigenvalue weighted by Crippen LogP contribution is 2.30. The van der Waals surface area contributed by atoms with Crippen LogP contribution in [0.2, 0.25) is 0 Å². The molecule has 1 unspecified atom stereocenters. The first-order valence-electron chi connectivity index (χ1n) is 5.94. The standard InChI is InChI=1S/C15H16O/c1-10-14-5-3-2-4-11(14)8-12-6-7-13(16)9-15(10)12/h2-5,8,13,16H,6-7,9H2,1H3. The van der Waals surface area contributed by atoms with Gasteiger partial charge in [0.15, 0.2) is 0 Å². The Bertz CT molecular complexity index is 542. The third kappa shape index (κ3) is 1.43. The number of hydrogen-bond donors (Lipinski definition) is 1. The van der Waals surface area contributed by atoms with Crippen molar-refractivity contribution in [2.45, 2.75) is 32.3 Å². The van der Waals surface area contributed by atoms with Gasteiger partial charge in [-0.05, 0) is 53.6 Å². The molecule has 0 saturated carbocycles. The zero-order valence-corrected chi connectivity index (χ0v) is 9.53. The van der Waals surface area contributed by atoms with Crippen LogP contribution in [0.3, 0.4) is 0 Å². The summed E-state index contributed by atoms with van der Waals surface area (Å²) in [7, 11) is 0. The Morgan fingerprint density at radius 1 is 1.25 bits per heavy atom. The highest BCUT2D eigenvalue weighted by atomic mass is 16.3. The molecular weight excluding hydrogens is 196 g/mol. The third-order valence-electron chi connectivity index (χ3n) is 3.72. The van der Waals surface area contributed by atoms with Crippen molar-refractivity contribution in [3.05, 3.63) is 47.0 Å². The van der Waals surface area contributed by atoms with Crippen LogP contribution < -0.4 is 0 Å². The average molecular weight is 212 g/mol. The van der Waals surface area contributed by atoms with Crippen molar-refractivity contribution in [1.82, 2.24) is 0 Å². The Morgan fingerprint density at radius 3 is 2.94 bits per heavy atom. The van der Waals surface area contributed by atoms with Crippen molar-refractivity contribution < 1.29 is 5.11 Å². The predicted octanol–water partition coefficient (Wildman–Crippen LogP) is 3.00. The van der Waals surface area contributed by atoms with Crippen molar-refractivity contribution in [3.63, 3.8) is 0 Å². The molecular formula is C15H16O. The summed E-state index contributed by atoms with van der Waals surface area (Å²) in [5.41, 5.74) is 4.16. The monoisotopic (exact) mass is 212 g/mol. The molecule has 1 aliphatic rings. The van der Waals surface area contributed by atoms with E-state index in [-0.39, 0.29) is 6.10 Å². The van der Waals surface area contributed by atoms with Crippen LogP contribution in [-0.2, 0) is 12.8 Å². The van der Waals surface area contributed by atoms with Gasteiger partial charge in [0.25, 0.3) is 0 Å². The summed E-state index contributed by atoms with van der Waals surface area (Å²) in [6.07, 6.45) is 2.60. The summed E-state index contributed by atoms with van der Waals surface area (Å²) in [6.45, 7) is 2.18. The van der Waals surface area contributed by atoms with Crippen molar-refractivity contribution in [3.8, 4) is 0 Å². The molecule has 2 aromatic rings. The van der Waals surface area contributed by atoms with Gasteiger partial charge in [0, 0.05) is 0 Å². The molecule has 0 aromatic heterocycles. The highest BCUT2D eigenvalue weighted by Gasteiger charge is 2.19. The molecule has 1 heteroatoms. The second kappa shape index (κ2) is 3.60. The highest BCUT2D eigenvalue weighted by molar-refractivity contribution is 5.87. The smallest absolute Gasteiger partial charge is 0.0583 e. The minimum Gasteiger partial charge on any atom is -0.393 e. The van der Waals surface area contributed by atoms with Crippen LogP contribution >= 0.6 is 0 Å². The van der Waals surface area contributed by atoms with E-state index in [2.05, 4.69) is 37.3 Å². The Morgan fingerprint density at radius 2 is 2.06 bits per heavy atom. The second-order valence-corrected chi connectivity index (χ2v) is 4.76. The third-order valence-corrected chi connectivity index (χ3v) is 3.72. The summed E-state index contributed by atoms with van der Waals surface area (Å²) in [5, 5.41) is 12.4. The van der Waals surface area contributed by atoms with Crippen molar-refractivity contribution in [2.75, 3.05) is 0 Å². The lowest BCUT2D eigenvalue weighted by Gasteiger charge is -2.23. The van der Waals surface area contributed by atoms with Gasteiger partial charge in [0.2, 0.25) is 0 Å². The number of aliphatic hydroxyl groups is 1. The van der Waals surface area contributed by atoms with Gasteiger partial charge in [-0.3, -0.25) is 0 Å². The summed E-state index contributed by atoms with van der Waals surface area (Å²) in [5.74, 6) is 0. The fraction of sp³-hybridized carbons (Fsp3) is 0.333. The minimum absolute atomic E-state index is 0.146. The van der Waals surface area contributed by atoms with Gasteiger partial charge < -0.3 is 5.11 Å². The van der Waals surface area contributed by atoms with Crippen LogP contribution in [0.25, 0.3) is 10.8 Å². The number of aryl methyl sites for hydroxylation is 2. The van der Waals surface area contributed by atoms with Crippen LogP contribution in [0.5, 0.6) is 0 Å². The molecule has 2 aromatic carbocycles. The van der Waals surface area contributed by atoms with Crippen LogP contribution in [0, 0.1) is 6.92 Å². The first-order chi connectivity index (χ1) is 7.75. The van der Waals surface area contributed by atoms with Crippen LogP contribution in [0.1, 0.15) is 23.1 Å². The molecule has 1 atom stereocenters.